The van der Waals surface area contributed by atoms with Crippen molar-refractivity contribution in [2.24, 2.45) is 5.73 Å². The van der Waals surface area contributed by atoms with Crippen LogP contribution >= 0.6 is 15.6 Å². The molecule has 338 valence electrons. The van der Waals surface area contributed by atoms with E-state index in [1.165, 1.54) is 18.6 Å². The lowest BCUT2D eigenvalue weighted by molar-refractivity contribution is -0.165. The van der Waals surface area contributed by atoms with Gasteiger partial charge in [-0.05, 0) is 42.3 Å². The highest BCUT2D eigenvalue weighted by Gasteiger charge is 2.51. The lowest BCUT2D eigenvalue weighted by atomic mass is 9.99. The molecule has 25 nitrogen and oxygen atoms in total. The van der Waals surface area contributed by atoms with Gasteiger partial charge >= 0.3 is 27.3 Å². The number of benzene rings is 2. The van der Waals surface area contributed by atoms with Crippen molar-refractivity contribution in [2.75, 3.05) is 50.3 Å². The number of anilines is 3. The number of aliphatic hydroxyl groups is 1. The standard InChI is InChI=1S/C37H40N10O15P2/c1-45(2)23-9-7-22(8-10-23)30(48)21-5-3-20(4-6-21)13-24(38)35(50)61-37(16-57-34(31(37)49)47-19-43-29-32(40)41-18-42-33(29)47)17-59-64(55,56)62-25-14-28(46-12-11-27(39)44-36(46)51)60-26(25)15-58-63(52,53)54/h3-12,18-19,24,28,49H,13-17,38H2,1-2H3,(H,55,56)(H2,39,44,51)(H2,40,41,42)(H2,52,53,54)/t24-,28?,37?/m0/s1. The third kappa shape index (κ3) is 9.91. The maximum Gasteiger partial charge on any atom is 0.527 e. The maximum atomic E-state index is 13.7. The van der Waals surface area contributed by atoms with E-state index >= 15 is 0 Å². The number of fused-ring (bicyclic) bond motifs is 1. The molecule has 3 aromatic heterocycles. The molecule has 27 heteroatoms. The van der Waals surface area contributed by atoms with Gasteiger partial charge in [0.15, 0.2) is 40.5 Å². The molecule has 0 fully saturated rings. The summed E-state index contributed by atoms with van der Waals surface area (Å²) in [6, 6.07) is 13.2. The Labute approximate surface area is 361 Å². The quantitative estimate of drug-likeness (QED) is 0.0394. The van der Waals surface area contributed by atoms with Gasteiger partial charge in [-0.15, -0.1) is 0 Å². The number of aromatic nitrogens is 6. The summed E-state index contributed by atoms with van der Waals surface area (Å²) in [6.07, 6.45) is 1.53. The Kier molecular flexibility index (Phi) is 12.6. The molecule has 4 atom stereocenters. The molecule has 0 radical (unpaired) electrons. The lowest BCUT2D eigenvalue weighted by Gasteiger charge is -2.29. The summed E-state index contributed by atoms with van der Waals surface area (Å²) >= 11 is 0. The van der Waals surface area contributed by atoms with Crippen LogP contribution in [-0.2, 0) is 48.1 Å². The Morgan fingerprint density at radius 2 is 1.69 bits per heavy atom. The Bertz CT molecular complexity index is 2830. The molecule has 0 saturated heterocycles. The van der Waals surface area contributed by atoms with Crippen molar-refractivity contribution >= 4 is 61.8 Å². The molecule has 5 heterocycles. The first-order valence-electron chi connectivity index (χ1n) is 18.7. The third-order valence-corrected chi connectivity index (χ3v) is 11.1. The van der Waals surface area contributed by atoms with Crippen molar-refractivity contribution in [3.05, 3.63) is 118 Å². The van der Waals surface area contributed by atoms with Crippen LogP contribution in [0.1, 0.15) is 34.1 Å². The predicted molar refractivity (Wildman–Crippen MR) is 222 cm³/mol. The summed E-state index contributed by atoms with van der Waals surface area (Å²) in [7, 11) is -6.77. The molecule has 0 saturated carbocycles. The van der Waals surface area contributed by atoms with E-state index in [9.17, 15) is 43.3 Å². The Morgan fingerprint density at radius 3 is 2.34 bits per heavy atom. The molecule has 7 rings (SSSR count). The number of rotatable bonds is 17. The van der Waals surface area contributed by atoms with Crippen molar-refractivity contribution in [3.63, 3.8) is 0 Å². The molecular weight excluding hydrogens is 886 g/mol. The van der Waals surface area contributed by atoms with E-state index in [0.29, 0.717) is 16.7 Å². The Hall–Kier alpha value is -6.69. The second-order valence-corrected chi connectivity index (χ2v) is 17.1. The Balaban J connectivity index is 1.12. The molecule has 0 amide bonds. The number of imidazole rings is 1. The predicted octanol–water partition coefficient (Wildman–Crippen LogP) is 1.48. The molecule has 64 heavy (non-hydrogen) atoms. The third-order valence-electron chi connectivity index (χ3n) is 9.73. The molecule has 10 N–H and O–H groups in total. The number of nitrogen functional groups attached to an aromatic ring is 2. The minimum absolute atomic E-state index is 0.0150. The number of aliphatic hydroxyl groups excluding tert-OH is 1. The first-order valence-corrected chi connectivity index (χ1v) is 21.8. The summed E-state index contributed by atoms with van der Waals surface area (Å²) in [5.41, 5.74) is 16.9. The fourth-order valence-electron chi connectivity index (χ4n) is 6.44. The zero-order valence-corrected chi connectivity index (χ0v) is 35.4. The summed E-state index contributed by atoms with van der Waals surface area (Å²) in [5.74, 6) is -3.81. The zero-order chi connectivity index (χ0) is 46.1. The highest BCUT2D eigenvalue weighted by molar-refractivity contribution is 7.47. The van der Waals surface area contributed by atoms with Gasteiger partial charge in [-0.2, -0.15) is 4.98 Å². The van der Waals surface area contributed by atoms with E-state index < -0.39 is 94.6 Å². The number of nitrogens with zero attached hydrogens (tertiary/aromatic N) is 7. The average molecular weight is 927 g/mol. The van der Waals surface area contributed by atoms with Crippen molar-refractivity contribution < 1.29 is 66.3 Å². The molecule has 2 aliphatic heterocycles. The van der Waals surface area contributed by atoms with Gasteiger partial charge in [0.1, 0.15) is 44.3 Å². The average Bonchev–Trinajstić information content (AvgIpc) is 3.94. The summed E-state index contributed by atoms with van der Waals surface area (Å²) in [6.45, 7) is -2.87. The smallest absolute Gasteiger partial charge is 0.504 e. The minimum atomic E-state index is -5.40. The van der Waals surface area contributed by atoms with E-state index in [1.807, 2.05) is 31.1 Å². The number of hydrogen-bond acceptors (Lipinski definition) is 20. The van der Waals surface area contributed by atoms with Gasteiger partial charge in [0.2, 0.25) is 17.2 Å². The van der Waals surface area contributed by atoms with Crippen molar-refractivity contribution in [2.45, 2.75) is 30.7 Å². The highest BCUT2D eigenvalue weighted by atomic mass is 31.2. The van der Waals surface area contributed by atoms with E-state index in [0.717, 1.165) is 21.1 Å². The molecule has 0 aliphatic carbocycles. The van der Waals surface area contributed by atoms with E-state index in [-0.39, 0.29) is 35.0 Å². The minimum Gasteiger partial charge on any atom is -0.504 e. The number of esters is 1. The lowest BCUT2D eigenvalue weighted by Crippen LogP contribution is -2.47. The normalized spacial score (nSPS) is 18.9. The van der Waals surface area contributed by atoms with Crippen molar-refractivity contribution in [1.29, 1.82) is 0 Å². The number of phosphoric ester groups is 2. The number of phosphoric acid groups is 2. The van der Waals surface area contributed by atoms with Gasteiger partial charge in [0.25, 0.3) is 0 Å². The van der Waals surface area contributed by atoms with Gasteiger partial charge in [-0.1, -0.05) is 24.3 Å². The number of carbonyl (C=O) groups excluding carboxylic acids is 2. The van der Waals surface area contributed by atoms with Crippen LogP contribution in [0.5, 0.6) is 0 Å². The Morgan fingerprint density at radius 1 is 1.00 bits per heavy atom. The second-order valence-electron chi connectivity index (χ2n) is 14.4. The maximum absolute atomic E-state index is 13.7. The fraction of sp³-hybridized carbons (Fsp3) is 0.270. The van der Waals surface area contributed by atoms with Gasteiger partial charge in [0, 0.05) is 37.1 Å². The van der Waals surface area contributed by atoms with Crippen LogP contribution in [0.4, 0.5) is 17.3 Å². The molecular formula is C37H40N10O15P2. The van der Waals surface area contributed by atoms with Crippen LogP contribution < -0.4 is 27.8 Å². The van der Waals surface area contributed by atoms with Crippen molar-refractivity contribution in [3.8, 4) is 0 Å². The van der Waals surface area contributed by atoms with Gasteiger partial charge in [-0.3, -0.25) is 28.1 Å². The topological polar surface area (TPSA) is 364 Å². The SMILES string of the molecule is CN(C)c1ccc(C(=O)c2ccc(C[C@H](N)C(=O)OC3(COP(=O)(O)OC4=C(COP(=O)(O)O)OC(n5ccc(N)nc5=O)C4)COC(n4cnc5c(N)ncnc54)=C3O)cc2)cc1. The van der Waals surface area contributed by atoms with Crippen LogP contribution in [0.25, 0.3) is 17.0 Å². The van der Waals surface area contributed by atoms with Crippen molar-refractivity contribution in [1.82, 2.24) is 29.1 Å². The number of nitrogens with two attached hydrogens (primary N) is 3. The second kappa shape index (κ2) is 17.8. The molecule has 3 unspecified atom stereocenters. The molecule has 0 spiro atoms. The van der Waals surface area contributed by atoms with Gasteiger partial charge < -0.3 is 55.7 Å². The largest absolute Gasteiger partial charge is 0.527 e. The van der Waals surface area contributed by atoms with E-state index in [4.69, 9.17) is 40.5 Å². The van der Waals surface area contributed by atoms with Crippen LogP contribution in [0, 0.1) is 0 Å². The summed E-state index contributed by atoms with van der Waals surface area (Å²) in [5, 5.41) is 11.7. The monoisotopic (exact) mass is 926 g/mol. The van der Waals surface area contributed by atoms with Crippen LogP contribution in [0.15, 0.2) is 95.5 Å². The van der Waals surface area contributed by atoms with E-state index in [1.54, 1.807) is 36.4 Å². The summed E-state index contributed by atoms with van der Waals surface area (Å²) in [4.78, 5) is 86.6. The summed E-state index contributed by atoms with van der Waals surface area (Å²) < 4.78 is 59.4. The van der Waals surface area contributed by atoms with Crippen LogP contribution in [-0.4, -0.2) is 106 Å². The molecule has 5 aromatic rings. The highest BCUT2D eigenvalue weighted by Crippen LogP contribution is 2.51. The first-order chi connectivity index (χ1) is 30.2. The molecule has 2 aromatic carbocycles. The van der Waals surface area contributed by atoms with Gasteiger partial charge in [-0.25, -0.2) is 33.4 Å². The molecule has 2 aliphatic rings. The fourth-order valence-corrected chi connectivity index (χ4v) is 7.60. The number of ketones is 1. The van der Waals surface area contributed by atoms with Gasteiger partial charge in [0.05, 0.1) is 6.42 Å². The molecule has 0 bridgehead atoms. The zero-order valence-electron chi connectivity index (χ0n) is 33.7. The van der Waals surface area contributed by atoms with Crippen LogP contribution in [0.2, 0.25) is 0 Å². The van der Waals surface area contributed by atoms with E-state index in [2.05, 4.69) is 24.5 Å². The number of carbonyl (C=O) groups is 2. The number of hydrogen-bond donors (Lipinski definition) is 7. The first kappa shape index (κ1) is 45.3. The number of ether oxygens (including phenoxy) is 3. The van der Waals surface area contributed by atoms with Crippen LogP contribution in [0.3, 0.4) is 0 Å².